The van der Waals surface area contributed by atoms with Gasteiger partial charge in [-0.3, -0.25) is 4.79 Å². The number of aliphatic carboxylic acids is 1. The lowest BCUT2D eigenvalue weighted by atomic mass is 10.1. The fourth-order valence-corrected chi connectivity index (χ4v) is 3.41. The Balaban J connectivity index is 2.22. The van der Waals surface area contributed by atoms with Crippen LogP contribution < -0.4 is 0 Å². The van der Waals surface area contributed by atoms with E-state index in [0.29, 0.717) is 6.42 Å². The maximum atomic E-state index is 12.1. The van der Waals surface area contributed by atoms with Gasteiger partial charge in [-0.2, -0.15) is 4.31 Å². The molecule has 6 heteroatoms. The number of nitrogens with zero attached hydrogens (tertiary/aromatic N) is 1. The summed E-state index contributed by atoms with van der Waals surface area (Å²) in [5.41, 5.74) is 0. The maximum absolute atomic E-state index is 12.1. The molecule has 2 rings (SSSR count). The van der Waals surface area contributed by atoms with Crippen molar-refractivity contribution in [2.45, 2.75) is 11.3 Å². The Bertz CT molecular complexity index is 512. The molecule has 92 valence electrons. The van der Waals surface area contributed by atoms with Crippen LogP contribution in [0.5, 0.6) is 0 Å². The lowest BCUT2D eigenvalue weighted by Gasteiger charge is -2.15. The molecule has 0 amide bonds. The Morgan fingerprint density at radius 3 is 2.47 bits per heavy atom. The molecule has 0 bridgehead atoms. The summed E-state index contributed by atoms with van der Waals surface area (Å²) in [5.74, 6) is -1.52. The second-order valence-corrected chi connectivity index (χ2v) is 5.94. The van der Waals surface area contributed by atoms with E-state index in [0.717, 1.165) is 0 Å². The van der Waals surface area contributed by atoms with E-state index in [1.165, 1.54) is 16.4 Å². The minimum Gasteiger partial charge on any atom is -0.481 e. The first kappa shape index (κ1) is 12.1. The third-order valence-electron chi connectivity index (χ3n) is 2.88. The third-order valence-corrected chi connectivity index (χ3v) is 4.76. The van der Waals surface area contributed by atoms with Gasteiger partial charge in [0, 0.05) is 13.1 Å². The number of sulfonamides is 1. The van der Waals surface area contributed by atoms with E-state index in [-0.39, 0.29) is 18.0 Å². The maximum Gasteiger partial charge on any atom is 0.307 e. The first-order valence-corrected chi connectivity index (χ1v) is 6.74. The lowest BCUT2D eigenvalue weighted by molar-refractivity contribution is -0.141. The van der Waals surface area contributed by atoms with Gasteiger partial charge in [0.25, 0.3) is 0 Å². The van der Waals surface area contributed by atoms with Crippen LogP contribution in [0.25, 0.3) is 0 Å². The van der Waals surface area contributed by atoms with Crippen LogP contribution in [0.1, 0.15) is 6.42 Å². The molecule has 1 aromatic rings. The Kier molecular flexibility index (Phi) is 3.17. The number of carboxylic acids is 1. The van der Waals surface area contributed by atoms with E-state index in [1.807, 2.05) is 0 Å². The molecular formula is C11H13NO4S. The molecule has 0 spiro atoms. The standard InChI is InChI=1S/C11H13NO4S/c13-11(14)9-6-7-12(8-9)17(15,16)10-4-2-1-3-5-10/h1-5,9H,6-8H2,(H,13,14). The molecular weight excluding hydrogens is 242 g/mol. The zero-order valence-corrected chi connectivity index (χ0v) is 9.93. The summed E-state index contributed by atoms with van der Waals surface area (Å²) in [7, 11) is -3.54. The topological polar surface area (TPSA) is 74.7 Å². The molecule has 1 heterocycles. The zero-order valence-electron chi connectivity index (χ0n) is 9.11. The highest BCUT2D eigenvalue weighted by atomic mass is 32.2. The van der Waals surface area contributed by atoms with Gasteiger partial charge in [0.2, 0.25) is 10.0 Å². The van der Waals surface area contributed by atoms with Gasteiger partial charge in [-0.05, 0) is 18.6 Å². The van der Waals surface area contributed by atoms with Gasteiger partial charge in [-0.25, -0.2) is 8.42 Å². The number of hydrogen-bond donors (Lipinski definition) is 1. The molecule has 5 nitrogen and oxygen atoms in total. The van der Waals surface area contributed by atoms with Crippen molar-refractivity contribution in [3.63, 3.8) is 0 Å². The van der Waals surface area contributed by atoms with Crippen LogP contribution in [0.2, 0.25) is 0 Å². The lowest BCUT2D eigenvalue weighted by Crippen LogP contribution is -2.30. The number of carbonyl (C=O) groups is 1. The minimum absolute atomic E-state index is 0.0621. The molecule has 1 unspecified atom stereocenters. The second kappa shape index (κ2) is 4.46. The molecule has 1 N–H and O–H groups in total. The smallest absolute Gasteiger partial charge is 0.307 e. The summed E-state index contributed by atoms with van der Waals surface area (Å²) in [6.07, 6.45) is 0.376. The number of benzene rings is 1. The molecule has 1 fully saturated rings. The summed E-state index contributed by atoms with van der Waals surface area (Å²) >= 11 is 0. The first-order valence-electron chi connectivity index (χ1n) is 5.30. The van der Waals surface area contributed by atoms with E-state index >= 15 is 0 Å². The molecule has 1 aliphatic rings. The molecule has 1 atom stereocenters. The molecule has 17 heavy (non-hydrogen) atoms. The van der Waals surface area contributed by atoms with E-state index in [4.69, 9.17) is 5.11 Å². The van der Waals surface area contributed by atoms with Crippen molar-refractivity contribution in [3.8, 4) is 0 Å². The Morgan fingerprint density at radius 2 is 1.94 bits per heavy atom. The van der Waals surface area contributed by atoms with E-state index in [1.54, 1.807) is 18.2 Å². The Hall–Kier alpha value is -1.40. The first-order chi connectivity index (χ1) is 8.01. The molecule has 0 aromatic heterocycles. The summed E-state index contributed by atoms with van der Waals surface area (Å²) in [4.78, 5) is 11.0. The molecule has 0 radical (unpaired) electrons. The van der Waals surface area contributed by atoms with Crippen molar-refractivity contribution < 1.29 is 18.3 Å². The van der Waals surface area contributed by atoms with Crippen molar-refractivity contribution in [3.05, 3.63) is 30.3 Å². The summed E-state index contributed by atoms with van der Waals surface area (Å²) in [6, 6.07) is 8.07. The van der Waals surface area contributed by atoms with Crippen molar-refractivity contribution in [1.82, 2.24) is 4.31 Å². The van der Waals surface area contributed by atoms with Gasteiger partial charge < -0.3 is 5.11 Å². The van der Waals surface area contributed by atoms with Crippen molar-refractivity contribution in [2.24, 2.45) is 5.92 Å². The van der Waals surface area contributed by atoms with Crippen molar-refractivity contribution in [2.75, 3.05) is 13.1 Å². The molecule has 0 aliphatic carbocycles. The second-order valence-electron chi connectivity index (χ2n) is 4.00. The van der Waals surface area contributed by atoms with Crippen molar-refractivity contribution in [1.29, 1.82) is 0 Å². The van der Waals surface area contributed by atoms with Crippen LogP contribution >= 0.6 is 0 Å². The zero-order chi connectivity index (χ0) is 12.5. The van der Waals surface area contributed by atoms with Crippen LogP contribution in [0.4, 0.5) is 0 Å². The van der Waals surface area contributed by atoms with Crippen LogP contribution in [-0.4, -0.2) is 36.9 Å². The number of rotatable bonds is 3. The highest BCUT2D eigenvalue weighted by Crippen LogP contribution is 2.24. The quantitative estimate of drug-likeness (QED) is 0.866. The molecule has 1 aliphatic heterocycles. The Labute approximate surface area is 99.7 Å². The minimum atomic E-state index is -3.54. The average molecular weight is 255 g/mol. The molecule has 1 saturated heterocycles. The normalized spacial score (nSPS) is 21.5. The van der Waals surface area contributed by atoms with Gasteiger partial charge in [0.15, 0.2) is 0 Å². The van der Waals surface area contributed by atoms with Crippen LogP contribution in [-0.2, 0) is 14.8 Å². The van der Waals surface area contributed by atoms with Gasteiger partial charge >= 0.3 is 5.97 Å². The average Bonchev–Trinajstić information content (AvgIpc) is 2.80. The predicted octanol–water partition coefficient (Wildman–Crippen LogP) is 0.782. The van der Waals surface area contributed by atoms with Crippen LogP contribution in [0, 0.1) is 5.92 Å². The Morgan fingerprint density at radius 1 is 1.29 bits per heavy atom. The summed E-state index contributed by atoms with van der Waals surface area (Å²) in [6.45, 7) is 0.334. The fraction of sp³-hybridized carbons (Fsp3) is 0.364. The van der Waals surface area contributed by atoms with E-state index in [9.17, 15) is 13.2 Å². The number of carboxylic acid groups (broad SMARTS) is 1. The summed E-state index contributed by atoms with van der Waals surface area (Å²) in [5, 5.41) is 8.85. The summed E-state index contributed by atoms with van der Waals surface area (Å²) < 4.78 is 25.5. The third kappa shape index (κ3) is 2.32. The monoisotopic (exact) mass is 255 g/mol. The number of hydrogen-bond acceptors (Lipinski definition) is 3. The fourth-order valence-electron chi connectivity index (χ4n) is 1.89. The van der Waals surface area contributed by atoms with Gasteiger partial charge in [0.05, 0.1) is 10.8 Å². The van der Waals surface area contributed by atoms with E-state index < -0.39 is 21.9 Å². The molecule has 0 saturated carbocycles. The SMILES string of the molecule is O=C(O)C1CCN(S(=O)(=O)c2ccccc2)C1. The largest absolute Gasteiger partial charge is 0.481 e. The van der Waals surface area contributed by atoms with Crippen molar-refractivity contribution >= 4 is 16.0 Å². The van der Waals surface area contributed by atoms with E-state index in [2.05, 4.69) is 0 Å². The van der Waals surface area contributed by atoms with Crippen LogP contribution in [0.15, 0.2) is 35.2 Å². The molecule has 1 aromatic carbocycles. The van der Waals surface area contributed by atoms with Gasteiger partial charge in [-0.1, -0.05) is 18.2 Å². The predicted molar refractivity (Wildman–Crippen MR) is 60.9 cm³/mol. The van der Waals surface area contributed by atoms with Gasteiger partial charge in [-0.15, -0.1) is 0 Å². The highest BCUT2D eigenvalue weighted by molar-refractivity contribution is 7.89. The van der Waals surface area contributed by atoms with Crippen LogP contribution in [0.3, 0.4) is 0 Å². The van der Waals surface area contributed by atoms with Gasteiger partial charge in [0.1, 0.15) is 0 Å². The highest BCUT2D eigenvalue weighted by Gasteiger charge is 2.35.